The molecule has 0 spiro atoms. The Morgan fingerprint density at radius 2 is 1.47 bits per heavy atom. The number of nitrogens with one attached hydrogen (secondary N) is 1. The van der Waals surface area contributed by atoms with Crippen LogP contribution in [0.25, 0.3) is 0 Å². The molecule has 0 radical (unpaired) electrons. The van der Waals surface area contributed by atoms with E-state index < -0.39 is 0 Å². The zero-order valence-corrected chi connectivity index (χ0v) is 12.0. The summed E-state index contributed by atoms with van der Waals surface area (Å²) in [4.78, 5) is 2.12. The predicted molar refractivity (Wildman–Crippen MR) is 84.4 cm³/mol. The molecule has 0 aromatic heterocycles. The van der Waals surface area contributed by atoms with Gasteiger partial charge in [0.05, 0.1) is 0 Å². The van der Waals surface area contributed by atoms with Crippen LogP contribution in [0.2, 0.25) is 0 Å². The van der Waals surface area contributed by atoms with Gasteiger partial charge in [0.15, 0.2) is 0 Å². The van der Waals surface area contributed by atoms with Gasteiger partial charge in [0.1, 0.15) is 0 Å². The second kappa shape index (κ2) is 5.22. The predicted octanol–water partition coefficient (Wildman–Crippen LogP) is 3.70. The topological polar surface area (TPSA) is 41.3 Å². The molecule has 19 heavy (non-hydrogen) atoms. The van der Waals surface area contributed by atoms with E-state index in [1.54, 1.807) is 0 Å². The molecule has 0 bridgehead atoms. The molecule has 0 saturated carbocycles. The summed E-state index contributed by atoms with van der Waals surface area (Å²) in [5.74, 6) is 0. The smallest absolute Gasteiger partial charge is 0.0411 e. The van der Waals surface area contributed by atoms with Crippen LogP contribution in [0, 0.1) is 13.8 Å². The van der Waals surface area contributed by atoms with Crippen LogP contribution in [-0.2, 0) is 0 Å². The molecule has 2 aromatic carbocycles. The molecule has 3 N–H and O–H groups in total. The van der Waals surface area contributed by atoms with Gasteiger partial charge < -0.3 is 16.0 Å². The molecule has 0 aliphatic carbocycles. The fraction of sp³-hybridized carbons (Fsp3) is 0.250. The Bertz CT molecular complexity index is 589. The number of hydrogen-bond donors (Lipinski definition) is 2. The Labute approximate surface area is 115 Å². The number of nitrogens with two attached hydrogens (primary N) is 1. The maximum Gasteiger partial charge on any atom is 0.0411 e. The Morgan fingerprint density at radius 1 is 0.895 bits per heavy atom. The van der Waals surface area contributed by atoms with Crippen molar-refractivity contribution >= 4 is 22.7 Å². The van der Waals surface area contributed by atoms with Gasteiger partial charge in [0.2, 0.25) is 0 Å². The molecular formula is C16H21N3. The number of benzene rings is 2. The largest absolute Gasteiger partial charge is 0.398 e. The molecule has 2 rings (SSSR count). The van der Waals surface area contributed by atoms with Crippen molar-refractivity contribution in [3.05, 3.63) is 47.5 Å². The summed E-state index contributed by atoms with van der Waals surface area (Å²) < 4.78 is 0. The van der Waals surface area contributed by atoms with E-state index >= 15 is 0 Å². The second-order valence-corrected chi connectivity index (χ2v) is 5.09. The molecule has 0 saturated heterocycles. The lowest BCUT2D eigenvalue weighted by atomic mass is 10.1. The molecule has 3 heteroatoms. The maximum atomic E-state index is 5.93. The molecule has 100 valence electrons. The Hall–Kier alpha value is -2.16. The standard InChI is InChI=1S/C16H21N3/c1-11-5-7-13(9-15(11)17)18-14-8-6-12(2)16(10-14)19(3)4/h5-10,18H,17H2,1-4H3. The molecule has 0 heterocycles. The lowest BCUT2D eigenvalue weighted by Gasteiger charge is -2.17. The van der Waals surface area contributed by atoms with Crippen molar-refractivity contribution in [2.75, 3.05) is 30.0 Å². The highest BCUT2D eigenvalue weighted by Crippen LogP contribution is 2.26. The van der Waals surface area contributed by atoms with E-state index in [-0.39, 0.29) is 0 Å². The van der Waals surface area contributed by atoms with Crippen molar-refractivity contribution in [1.82, 2.24) is 0 Å². The lowest BCUT2D eigenvalue weighted by Crippen LogP contribution is -2.10. The van der Waals surface area contributed by atoms with E-state index in [1.807, 2.05) is 25.1 Å². The minimum atomic E-state index is 0.810. The van der Waals surface area contributed by atoms with Crippen molar-refractivity contribution in [2.24, 2.45) is 0 Å². The van der Waals surface area contributed by atoms with Gasteiger partial charge in [0.25, 0.3) is 0 Å². The second-order valence-electron chi connectivity index (χ2n) is 5.09. The fourth-order valence-electron chi connectivity index (χ4n) is 2.05. The quantitative estimate of drug-likeness (QED) is 0.822. The molecular weight excluding hydrogens is 234 g/mol. The molecule has 0 amide bonds. The average molecular weight is 255 g/mol. The summed E-state index contributed by atoms with van der Waals surface area (Å²) >= 11 is 0. The molecule has 0 fully saturated rings. The number of hydrogen-bond acceptors (Lipinski definition) is 3. The Kier molecular flexibility index (Phi) is 3.65. The number of aryl methyl sites for hydroxylation is 2. The van der Waals surface area contributed by atoms with E-state index in [1.165, 1.54) is 11.3 Å². The van der Waals surface area contributed by atoms with Gasteiger partial charge in [-0.3, -0.25) is 0 Å². The first-order chi connectivity index (χ1) is 8.97. The average Bonchev–Trinajstić information content (AvgIpc) is 2.36. The number of nitrogen functional groups attached to an aromatic ring is 1. The van der Waals surface area contributed by atoms with Crippen molar-refractivity contribution in [1.29, 1.82) is 0 Å². The van der Waals surface area contributed by atoms with Crippen LogP contribution < -0.4 is 16.0 Å². The summed E-state index contributed by atoms with van der Waals surface area (Å²) in [5.41, 5.74) is 12.4. The van der Waals surface area contributed by atoms with Crippen molar-refractivity contribution in [3.63, 3.8) is 0 Å². The Balaban J connectivity index is 2.28. The van der Waals surface area contributed by atoms with Crippen molar-refractivity contribution < 1.29 is 0 Å². The van der Waals surface area contributed by atoms with E-state index in [0.29, 0.717) is 0 Å². The molecule has 2 aromatic rings. The highest BCUT2D eigenvalue weighted by atomic mass is 15.1. The summed E-state index contributed by atoms with van der Waals surface area (Å²) in [6, 6.07) is 12.4. The highest BCUT2D eigenvalue weighted by Gasteiger charge is 2.03. The zero-order chi connectivity index (χ0) is 14.0. The van der Waals surface area contributed by atoms with Crippen LogP contribution >= 0.6 is 0 Å². The SMILES string of the molecule is Cc1ccc(Nc2ccc(C)c(N(C)C)c2)cc1N. The maximum absolute atomic E-state index is 5.93. The first-order valence-corrected chi connectivity index (χ1v) is 6.38. The lowest BCUT2D eigenvalue weighted by molar-refractivity contribution is 1.11. The van der Waals surface area contributed by atoms with Crippen molar-refractivity contribution in [3.8, 4) is 0 Å². The number of rotatable bonds is 3. The van der Waals surface area contributed by atoms with Gasteiger partial charge in [-0.15, -0.1) is 0 Å². The molecule has 0 aliphatic heterocycles. The third-order valence-corrected chi connectivity index (χ3v) is 3.26. The van der Waals surface area contributed by atoms with Gasteiger partial charge in [-0.25, -0.2) is 0 Å². The molecule has 0 aliphatic rings. The molecule has 3 nitrogen and oxygen atoms in total. The fourth-order valence-corrected chi connectivity index (χ4v) is 2.05. The number of nitrogens with zero attached hydrogens (tertiary/aromatic N) is 1. The monoisotopic (exact) mass is 255 g/mol. The van der Waals surface area contributed by atoms with E-state index in [4.69, 9.17) is 5.73 Å². The third kappa shape index (κ3) is 2.99. The molecule has 0 atom stereocenters. The van der Waals surface area contributed by atoms with E-state index in [0.717, 1.165) is 22.6 Å². The molecule has 0 unspecified atom stereocenters. The minimum Gasteiger partial charge on any atom is -0.398 e. The van der Waals surface area contributed by atoms with Gasteiger partial charge in [0, 0.05) is 36.8 Å². The first-order valence-electron chi connectivity index (χ1n) is 6.38. The van der Waals surface area contributed by atoms with Gasteiger partial charge >= 0.3 is 0 Å². The number of anilines is 4. The van der Waals surface area contributed by atoms with Gasteiger partial charge in [-0.05, 0) is 49.2 Å². The minimum absolute atomic E-state index is 0.810. The first kappa shape index (κ1) is 13.3. The van der Waals surface area contributed by atoms with Gasteiger partial charge in [-0.2, -0.15) is 0 Å². The zero-order valence-electron chi connectivity index (χ0n) is 12.0. The van der Waals surface area contributed by atoms with Crippen LogP contribution in [0.5, 0.6) is 0 Å². The third-order valence-electron chi connectivity index (χ3n) is 3.26. The highest BCUT2D eigenvalue weighted by molar-refractivity contribution is 5.69. The van der Waals surface area contributed by atoms with Crippen LogP contribution in [0.1, 0.15) is 11.1 Å². The summed E-state index contributed by atoms with van der Waals surface area (Å²) in [7, 11) is 4.10. The normalized spacial score (nSPS) is 10.3. The van der Waals surface area contributed by atoms with E-state index in [2.05, 4.69) is 49.4 Å². The summed E-state index contributed by atoms with van der Waals surface area (Å²) in [5, 5.41) is 3.39. The van der Waals surface area contributed by atoms with Crippen LogP contribution in [-0.4, -0.2) is 14.1 Å². The van der Waals surface area contributed by atoms with Crippen LogP contribution in [0.4, 0.5) is 22.7 Å². The van der Waals surface area contributed by atoms with E-state index in [9.17, 15) is 0 Å². The van der Waals surface area contributed by atoms with Crippen LogP contribution in [0.15, 0.2) is 36.4 Å². The van der Waals surface area contributed by atoms with Crippen molar-refractivity contribution in [2.45, 2.75) is 13.8 Å². The Morgan fingerprint density at radius 3 is 2.05 bits per heavy atom. The van der Waals surface area contributed by atoms with Gasteiger partial charge in [-0.1, -0.05) is 12.1 Å². The van der Waals surface area contributed by atoms with Crippen LogP contribution in [0.3, 0.4) is 0 Å². The summed E-state index contributed by atoms with van der Waals surface area (Å²) in [6.45, 7) is 4.12. The summed E-state index contributed by atoms with van der Waals surface area (Å²) in [6.07, 6.45) is 0.